The van der Waals surface area contributed by atoms with Crippen molar-refractivity contribution in [2.75, 3.05) is 5.01 Å². The molecule has 4 rings (SSSR count). The first-order valence-corrected chi connectivity index (χ1v) is 7.46. The molecule has 1 aromatic carbocycles. The van der Waals surface area contributed by atoms with Crippen LogP contribution in [0.15, 0.2) is 40.9 Å². The summed E-state index contributed by atoms with van der Waals surface area (Å²) >= 11 is 0. The molecule has 1 amide bonds. The Balaban J connectivity index is 1.63. The molecule has 0 saturated carbocycles. The highest BCUT2D eigenvalue weighted by atomic mass is 19.3. The smallest absolute Gasteiger partial charge is 0.314 e. The predicted octanol–water partition coefficient (Wildman–Crippen LogP) is 2.87. The van der Waals surface area contributed by atoms with Gasteiger partial charge in [-0.05, 0) is 30.3 Å². The summed E-state index contributed by atoms with van der Waals surface area (Å²) in [6, 6.07) is 7.06. The maximum absolute atomic E-state index is 13.0. The fourth-order valence-corrected chi connectivity index (χ4v) is 2.52. The van der Waals surface area contributed by atoms with E-state index in [1.165, 1.54) is 41.5 Å². The Morgan fingerprint density at radius 2 is 1.96 bits per heavy atom. The summed E-state index contributed by atoms with van der Waals surface area (Å²) < 4.78 is 43.0. The minimum Gasteiger partial charge on any atom is -0.415 e. The number of hydrogen-bond acceptors (Lipinski definition) is 6. The lowest BCUT2D eigenvalue weighted by Gasteiger charge is -2.30. The summed E-state index contributed by atoms with van der Waals surface area (Å²) in [6.45, 7) is 0.249. The molecule has 3 heterocycles. The first kappa shape index (κ1) is 16.1. The van der Waals surface area contributed by atoms with Gasteiger partial charge in [-0.15, -0.1) is 10.2 Å². The van der Waals surface area contributed by atoms with Gasteiger partial charge in [-0.25, -0.2) is 4.39 Å². The van der Waals surface area contributed by atoms with Crippen LogP contribution in [0.3, 0.4) is 0 Å². The highest BCUT2D eigenvalue weighted by Gasteiger charge is 2.26. The maximum atomic E-state index is 13.0. The van der Waals surface area contributed by atoms with Crippen LogP contribution in [0.4, 0.5) is 18.9 Å². The zero-order valence-electron chi connectivity index (χ0n) is 13.0. The number of hydrazine groups is 1. The maximum Gasteiger partial charge on any atom is 0.314 e. The number of anilines is 1. The van der Waals surface area contributed by atoms with Crippen molar-refractivity contribution in [3.05, 3.63) is 59.5 Å². The van der Waals surface area contributed by atoms with Crippen LogP contribution in [-0.2, 0) is 6.54 Å². The Morgan fingerprint density at radius 3 is 2.65 bits per heavy atom. The molecule has 0 fully saturated rings. The fraction of sp³-hybridized carbons (Fsp3) is 0.125. The number of aromatic nitrogens is 3. The molecule has 132 valence electrons. The predicted molar refractivity (Wildman–Crippen MR) is 82.5 cm³/mol. The summed E-state index contributed by atoms with van der Waals surface area (Å²) in [4.78, 5) is 16.6. The molecule has 0 spiro atoms. The summed E-state index contributed by atoms with van der Waals surface area (Å²) in [5.41, 5.74) is 4.24. The molecule has 1 aliphatic heterocycles. The van der Waals surface area contributed by atoms with E-state index >= 15 is 0 Å². The van der Waals surface area contributed by atoms with Crippen LogP contribution in [-0.4, -0.2) is 21.1 Å². The molecular weight excluding hydrogens is 351 g/mol. The van der Waals surface area contributed by atoms with E-state index in [2.05, 4.69) is 20.6 Å². The molecule has 0 aliphatic carbocycles. The molecule has 0 atom stereocenters. The van der Waals surface area contributed by atoms with Gasteiger partial charge in [0.2, 0.25) is 5.89 Å². The number of benzene rings is 1. The lowest BCUT2D eigenvalue weighted by molar-refractivity contribution is 0.0937. The van der Waals surface area contributed by atoms with Gasteiger partial charge in [-0.3, -0.25) is 20.2 Å². The lowest BCUT2D eigenvalue weighted by Crippen LogP contribution is -2.46. The average molecular weight is 361 g/mol. The number of amides is 1. The van der Waals surface area contributed by atoms with Gasteiger partial charge in [-0.2, -0.15) is 8.78 Å². The van der Waals surface area contributed by atoms with E-state index in [-0.39, 0.29) is 29.4 Å². The Kier molecular flexibility index (Phi) is 3.79. The molecule has 1 N–H and O–H groups in total. The molecule has 10 heteroatoms. The number of fused-ring (bicyclic) bond motifs is 1. The van der Waals surface area contributed by atoms with Gasteiger partial charge >= 0.3 is 6.43 Å². The Morgan fingerprint density at radius 1 is 1.19 bits per heavy atom. The zero-order valence-corrected chi connectivity index (χ0v) is 13.0. The number of pyridine rings is 1. The largest absolute Gasteiger partial charge is 0.415 e. The quantitative estimate of drug-likeness (QED) is 0.772. The summed E-state index contributed by atoms with van der Waals surface area (Å²) in [7, 11) is 0. The van der Waals surface area contributed by atoms with Crippen molar-refractivity contribution in [2.24, 2.45) is 0 Å². The van der Waals surface area contributed by atoms with Crippen molar-refractivity contribution in [2.45, 2.75) is 13.0 Å². The number of rotatable bonds is 3. The topological polar surface area (TPSA) is 84.2 Å². The van der Waals surface area contributed by atoms with Crippen LogP contribution in [0.25, 0.3) is 11.5 Å². The molecule has 1 aliphatic rings. The second-order valence-corrected chi connectivity index (χ2v) is 5.47. The third-order valence-corrected chi connectivity index (χ3v) is 3.77. The first-order valence-electron chi connectivity index (χ1n) is 7.46. The van der Waals surface area contributed by atoms with E-state index in [0.717, 1.165) is 0 Å². The lowest BCUT2D eigenvalue weighted by atomic mass is 10.1. The number of nitrogens with one attached hydrogen (secondary N) is 1. The number of hydrogen-bond donors (Lipinski definition) is 1. The van der Waals surface area contributed by atoms with Gasteiger partial charge < -0.3 is 4.42 Å². The summed E-state index contributed by atoms with van der Waals surface area (Å²) in [6.07, 6.45) is -1.52. The van der Waals surface area contributed by atoms with Crippen LogP contribution in [0.2, 0.25) is 0 Å². The van der Waals surface area contributed by atoms with Crippen LogP contribution < -0.4 is 10.4 Å². The van der Waals surface area contributed by atoms with Crippen molar-refractivity contribution in [3.63, 3.8) is 0 Å². The standard InChI is InChI=1S/C16H10F3N5O2/c17-9-1-3-10(4-2-9)24-7-12-11(14(25)23-24)5-8(6-20-12)15-21-22-16(26-15)13(18)19/h1-6,13H,7H2,(H,23,25). The molecule has 0 bridgehead atoms. The van der Waals surface area contributed by atoms with Crippen LogP contribution in [0.5, 0.6) is 0 Å². The number of alkyl halides is 2. The van der Waals surface area contributed by atoms with Crippen molar-refractivity contribution in [3.8, 4) is 11.5 Å². The minimum absolute atomic E-state index is 0.149. The van der Waals surface area contributed by atoms with Crippen LogP contribution in [0.1, 0.15) is 28.4 Å². The Bertz CT molecular complexity index is 974. The Labute approximate surface area is 144 Å². The van der Waals surface area contributed by atoms with E-state index in [0.29, 0.717) is 11.4 Å². The van der Waals surface area contributed by atoms with Crippen molar-refractivity contribution >= 4 is 11.6 Å². The second kappa shape index (κ2) is 6.14. The molecule has 0 radical (unpaired) electrons. The van der Waals surface area contributed by atoms with Gasteiger partial charge in [-0.1, -0.05) is 0 Å². The highest BCUT2D eigenvalue weighted by Crippen LogP contribution is 2.26. The van der Waals surface area contributed by atoms with Crippen LogP contribution >= 0.6 is 0 Å². The number of carbonyl (C=O) groups excluding carboxylic acids is 1. The second-order valence-electron chi connectivity index (χ2n) is 5.47. The number of carbonyl (C=O) groups is 1. The first-order chi connectivity index (χ1) is 12.5. The van der Waals surface area contributed by atoms with E-state index in [1.54, 1.807) is 0 Å². The van der Waals surface area contributed by atoms with Crippen molar-refractivity contribution < 1.29 is 22.4 Å². The van der Waals surface area contributed by atoms with Crippen molar-refractivity contribution in [1.82, 2.24) is 20.6 Å². The molecule has 26 heavy (non-hydrogen) atoms. The van der Waals surface area contributed by atoms with E-state index in [1.807, 2.05) is 0 Å². The molecular formula is C16H10F3N5O2. The number of nitrogens with zero attached hydrogens (tertiary/aromatic N) is 4. The van der Waals surface area contributed by atoms with Gasteiger partial charge in [0.1, 0.15) is 5.82 Å². The minimum atomic E-state index is -2.88. The molecule has 3 aromatic rings. The third kappa shape index (κ3) is 2.85. The van der Waals surface area contributed by atoms with Gasteiger partial charge in [0.05, 0.1) is 29.1 Å². The number of halogens is 3. The van der Waals surface area contributed by atoms with Gasteiger partial charge in [0.15, 0.2) is 0 Å². The molecule has 7 nitrogen and oxygen atoms in total. The van der Waals surface area contributed by atoms with E-state index in [9.17, 15) is 18.0 Å². The fourth-order valence-electron chi connectivity index (χ4n) is 2.52. The van der Waals surface area contributed by atoms with E-state index < -0.39 is 18.2 Å². The summed E-state index contributed by atoms with van der Waals surface area (Å²) in [5, 5.41) is 8.31. The monoisotopic (exact) mass is 361 g/mol. The van der Waals surface area contributed by atoms with Gasteiger partial charge in [0.25, 0.3) is 11.8 Å². The average Bonchev–Trinajstić information content (AvgIpc) is 3.12. The normalized spacial score (nSPS) is 13.7. The zero-order chi connectivity index (χ0) is 18.3. The highest BCUT2D eigenvalue weighted by molar-refractivity contribution is 5.98. The molecule has 0 unspecified atom stereocenters. The molecule has 2 aromatic heterocycles. The van der Waals surface area contributed by atoms with Gasteiger partial charge in [0, 0.05) is 6.20 Å². The summed E-state index contributed by atoms with van der Waals surface area (Å²) in [5.74, 6) is -1.78. The Hall–Kier alpha value is -3.43. The third-order valence-electron chi connectivity index (χ3n) is 3.77. The van der Waals surface area contributed by atoms with Crippen LogP contribution in [0, 0.1) is 5.82 Å². The van der Waals surface area contributed by atoms with Crippen molar-refractivity contribution in [1.29, 1.82) is 0 Å². The van der Waals surface area contributed by atoms with E-state index in [4.69, 9.17) is 4.42 Å². The SMILES string of the molecule is O=C1NN(c2ccc(F)cc2)Cc2ncc(-c3nnc(C(F)F)o3)cc21. The molecule has 0 saturated heterocycles.